The lowest BCUT2D eigenvalue weighted by Crippen LogP contribution is -2.18. The summed E-state index contributed by atoms with van der Waals surface area (Å²) in [4.78, 5) is 3.17. The zero-order chi connectivity index (χ0) is 12.5. The fourth-order valence-corrected chi connectivity index (χ4v) is 3.08. The lowest BCUT2D eigenvalue weighted by Gasteiger charge is -2.25. The molecule has 1 aromatic heterocycles. The lowest BCUT2D eigenvalue weighted by molar-refractivity contribution is 0.438. The highest BCUT2D eigenvalue weighted by atomic mass is 32.1. The Morgan fingerprint density at radius 3 is 2.83 bits per heavy atom. The van der Waals surface area contributed by atoms with Crippen LogP contribution < -0.4 is 5.73 Å². The van der Waals surface area contributed by atoms with Crippen LogP contribution in [0.4, 0.5) is 0 Å². The molecule has 2 aromatic rings. The second kappa shape index (κ2) is 4.71. The first-order valence-electron chi connectivity index (χ1n) is 6.35. The molecule has 18 heavy (non-hydrogen) atoms. The highest BCUT2D eigenvalue weighted by Gasteiger charge is 2.20. The molecule has 3 rings (SSSR count). The van der Waals surface area contributed by atoms with Gasteiger partial charge in [-0.3, -0.25) is 0 Å². The maximum Gasteiger partial charge on any atom is 0.177 e. The molecular weight excluding hydrogens is 242 g/mol. The number of aryl methyl sites for hydroxylation is 1. The van der Waals surface area contributed by atoms with Crippen LogP contribution in [-0.2, 0) is 19.4 Å². The van der Waals surface area contributed by atoms with E-state index in [9.17, 15) is 0 Å². The van der Waals surface area contributed by atoms with Crippen molar-refractivity contribution >= 4 is 12.2 Å². The van der Waals surface area contributed by atoms with Gasteiger partial charge in [-0.2, -0.15) is 0 Å². The van der Waals surface area contributed by atoms with Crippen molar-refractivity contribution in [3.63, 3.8) is 0 Å². The number of aromatic nitrogens is 2. The number of imidazole rings is 1. The lowest BCUT2D eigenvalue weighted by atomic mass is 9.88. The van der Waals surface area contributed by atoms with Crippen LogP contribution in [0.2, 0.25) is 0 Å². The molecule has 0 spiro atoms. The quantitative estimate of drug-likeness (QED) is 0.815. The average molecular weight is 259 g/mol. The number of hydrogen-bond acceptors (Lipinski definition) is 2. The summed E-state index contributed by atoms with van der Waals surface area (Å²) in [6.45, 7) is 0.514. The molecule has 0 amide bonds. The van der Waals surface area contributed by atoms with Gasteiger partial charge in [0.15, 0.2) is 4.77 Å². The standard InChI is InChI=1S/C14H17N3S/c15-8-12-9-17(14(18)16-12)13-6-5-10-3-1-2-4-11(10)7-13/h1-4,9,13H,5-8,15H2,(H,16,18). The average Bonchev–Trinajstić information content (AvgIpc) is 2.79. The fourth-order valence-electron chi connectivity index (χ4n) is 2.75. The van der Waals surface area contributed by atoms with Crippen molar-refractivity contribution in [1.82, 2.24) is 9.55 Å². The molecule has 3 nitrogen and oxygen atoms in total. The first-order valence-corrected chi connectivity index (χ1v) is 6.75. The minimum atomic E-state index is 0.462. The van der Waals surface area contributed by atoms with E-state index < -0.39 is 0 Å². The topological polar surface area (TPSA) is 46.7 Å². The van der Waals surface area contributed by atoms with Crippen LogP contribution in [0, 0.1) is 4.77 Å². The molecule has 0 fully saturated rings. The minimum Gasteiger partial charge on any atom is -0.333 e. The summed E-state index contributed by atoms with van der Waals surface area (Å²) in [6.07, 6.45) is 5.41. The van der Waals surface area contributed by atoms with Crippen LogP contribution in [-0.4, -0.2) is 9.55 Å². The van der Waals surface area contributed by atoms with Gasteiger partial charge in [-0.05, 0) is 42.6 Å². The smallest absolute Gasteiger partial charge is 0.177 e. The van der Waals surface area contributed by atoms with E-state index in [-0.39, 0.29) is 0 Å². The molecular formula is C14H17N3S. The molecule has 1 aromatic carbocycles. The molecule has 0 radical (unpaired) electrons. The first kappa shape index (κ1) is 11.7. The number of rotatable bonds is 2. The molecule has 1 unspecified atom stereocenters. The largest absolute Gasteiger partial charge is 0.333 e. The van der Waals surface area contributed by atoms with Crippen LogP contribution in [0.1, 0.15) is 29.3 Å². The van der Waals surface area contributed by atoms with Crippen LogP contribution >= 0.6 is 12.2 Å². The van der Waals surface area contributed by atoms with Gasteiger partial charge in [-0.15, -0.1) is 0 Å². The summed E-state index contributed by atoms with van der Waals surface area (Å²) >= 11 is 5.37. The molecule has 1 aliphatic rings. The van der Waals surface area contributed by atoms with E-state index in [4.69, 9.17) is 18.0 Å². The van der Waals surface area contributed by atoms with E-state index in [0.717, 1.165) is 29.7 Å². The summed E-state index contributed by atoms with van der Waals surface area (Å²) in [5.74, 6) is 0. The number of aromatic amines is 1. The summed E-state index contributed by atoms with van der Waals surface area (Å²) in [5, 5.41) is 0. The Bertz CT molecular complexity index is 611. The van der Waals surface area contributed by atoms with Crippen LogP contribution in [0.5, 0.6) is 0 Å². The van der Waals surface area contributed by atoms with E-state index in [2.05, 4.69) is 40.0 Å². The zero-order valence-electron chi connectivity index (χ0n) is 10.2. The van der Waals surface area contributed by atoms with E-state index in [1.807, 2.05) is 0 Å². The number of H-pyrrole nitrogens is 1. The van der Waals surface area contributed by atoms with E-state index in [0.29, 0.717) is 12.6 Å². The van der Waals surface area contributed by atoms with Gasteiger partial charge in [0.2, 0.25) is 0 Å². The van der Waals surface area contributed by atoms with E-state index >= 15 is 0 Å². The Labute approximate surface area is 112 Å². The Hall–Kier alpha value is -1.39. The summed E-state index contributed by atoms with van der Waals surface area (Å²) in [7, 11) is 0. The molecule has 0 bridgehead atoms. The maximum atomic E-state index is 5.65. The van der Waals surface area contributed by atoms with Gasteiger partial charge in [0.05, 0.1) is 0 Å². The third-order valence-corrected chi connectivity index (χ3v) is 4.04. The third kappa shape index (κ3) is 2.02. The molecule has 3 N–H and O–H groups in total. The highest BCUT2D eigenvalue weighted by Crippen LogP contribution is 2.29. The first-order chi connectivity index (χ1) is 8.78. The number of fused-ring (bicyclic) bond motifs is 1. The maximum absolute atomic E-state index is 5.65. The van der Waals surface area contributed by atoms with Crippen LogP contribution in [0.15, 0.2) is 30.5 Å². The number of nitrogens with zero attached hydrogens (tertiary/aromatic N) is 1. The molecule has 94 valence electrons. The molecule has 0 aliphatic heterocycles. The SMILES string of the molecule is NCc1cn(C2CCc3ccccc3C2)c(=S)[nH]1. The monoisotopic (exact) mass is 259 g/mol. The van der Waals surface area contributed by atoms with Crippen molar-refractivity contribution in [2.75, 3.05) is 0 Å². The molecule has 1 atom stereocenters. The zero-order valence-corrected chi connectivity index (χ0v) is 11.0. The second-order valence-corrected chi connectivity index (χ2v) is 5.25. The number of hydrogen-bond donors (Lipinski definition) is 2. The minimum absolute atomic E-state index is 0.462. The van der Waals surface area contributed by atoms with Gasteiger partial charge >= 0.3 is 0 Å². The van der Waals surface area contributed by atoms with Gasteiger partial charge in [-0.25, -0.2) is 0 Å². The Morgan fingerprint density at radius 2 is 2.11 bits per heavy atom. The Morgan fingerprint density at radius 1 is 1.33 bits per heavy atom. The Balaban J connectivity index is 1.91. The van der Waals surface area contributed by atoms with Crippen molar-refractivity contribution < 1.29 is 0 Å². The van der Waals surface area contributed by atoms with Gasteiger partial charge < -0.3 is 15.3 Å². The predicted octanol–water partition coefficient (Wildman–Crippen LogP) is 2.73. The second-order valence-electron chi connectivity index (χ2n) is 4.86. The fraction of sp³-hybridized carbons (Fsp3) is 0.357. The van der Waals surface area contributed by atoms with Gasteiger partial charge in [-0.1, -0.05) is 24.3 Å². The van der Waals surface area contributed by atoms with Crippen molar-refractivity contribution in [2.24, 2.45) is 5.73 Å². The van der Waals surface area contributed by atoms with Crippen LogP contribution in [0.25, 0.3) is 0 Å². The van der Waals surface area contributed by atoms with Crippen molar-refractivity contribution in [3.05, 3.63) is 52.1 Å². The normalized spacial score (nSPS) is 18.6. The van der Waals surface area contributed by atoms with Crippen LogP contribution in [0.3, 0.4) is 0 Å². The van der Waals surface area contributed by atoms with Crippen molar-refractivity contribution in [2.45, 2.75) is 31.8 Å². The van der Waals surface area contributed by atoms with E-state index in [1.165, 1.54) is 11.1 Å². The Kier molecular flexibility index (Phi) is 3.06. The van der Waals surface area contributed by atoms with Gasteiger partial charge in [0.25, 0.3) is 0 Å². The summed E-state index contributed by atoms with van der Waals surface area (Å²) in [6, 6.07) is 9.15. The third-order valence-electron chi connectivity index (χ3n) is 3.73. The number of nitrogens with two attached hydrogens (primary N) is 1. The molecule has 0 saturated carbocycles. The predicted molar refractivity (Wildman–Crippen MR) is 75.0 cm³/mol. The van der Waals surface area contributed by atoms with Crippen molar-refractivity contribution in [1.29, 1.82) is 0 Å². The van der Waals surface area contributed by atoms with Gasteiger partial charge in [0, 0.05) is 24.5 Å². The molecule has 1 heterocycles. The molecule has 1 aliphatic carbocycles. The molecule has 4 heteroatoms. The summed E-state index contributed by atoms with van der Waals surface area (Å²) in [5.41, 5.74) is 9.59. The number of benzene rings is 1. The molecule has 0 saturated heterocycles. The van der Waals surface area contributed by atoms with E-state index in [1.54, 1.807) is 0 Å². The van der Waals surface area contributed by atoms with Crippen molar-refractivity contribution in [3.8, 4) is 0 Å². The highest BCUT2D eigenvalue weighted by molar-refractivity contribution is 7.71. The van der Waals surface area contributed by atoms with Gasteiger partial charge in [0.1, 0.15) is 0 Å². The number of nitrogens with one attached hydrogen (secondary N) is 1. The summed E-state index contributed by atoms with van der Waals surface area (Å²) < 4.78 is 2.97.